The normalized spacial score (nSPS) is 16.3. The van der Waals surface area contributed by atoms with Gasteiger partial charge < -0.3 is 10.7 Å². The van der Waals surface area contributed by atoms with Crippen molar-refractivity contribution in [1.82, 2.24) is 9.97 Å². The summed E-state index contributed by atoms with van der Waals surface area (Å²) in [5.74, 6) is 7.96. The molecule has 1 saturated carbocycles. The van der Waals surface area contributed by atoms with Crippen LogP contribution in [0.1, 0.15) is 51.4 Å². The molecule has 5 heteroatoms. The van der Waals surface area contributed by atoms with Crippen LogP contribution >= 0.6 is 0 Å². The molecule has 0 saturated heterocycles. The van der Waals surface area contributed by atoms with Gasteiger partial charge in [-0.3, -0.25) is 0 Å². The fourth-order valence-electron chi connectivity index (χ4n) is 1.88. The van der Waals surface area contributed by atoms with E-state index >= 15 is 0 Å². The first-order chi connectivity index (χ1) is 8.41. The van der Waals surface area contributed by atoms with Crippen molar-refractivity contribution in [3.8, 4) is 0 Å². The Bertz CT molecular complexity index is 432. The SMILES string of the molecule is Cc1c(NN)nc(C(C)(C)C)nc1NC1CCC1. The molecule has 1 aliphatic carbocycles. The quantitative estimate of drug-likeness (QED) is 0.566. The number of nitrogens with zero attached hydrogens (tertiary/aromatic N) is 2. The van der Waals surface area contributed by atoms with Gasteiger partial charge >= 0.3 is 0 Å². The van der Waals surface area contributed by atoms with E-state index in [2.05, 4.69) is 41.5 Å². The van der Waals surface area contributed by atoms with Crippen LogP contribution in [0.5, 0.6) is 0 Å². The number of rotatable bonds is 3. The highest BCUT2D eigenvalue weighted by Gasteiger charge is 2.23. The molecular formula is C13H23N5. The molecule has 0 bridgehead atoms. The second-order valence-electron chi connectivity index (χ2n) is 6.04. The summed E-state index contributed by atoms with van der Waals surface area (Å²) in [6, 6.07) is 0.553. The summed E-state index contributed by atoms with van der Waals surface area (Å²) in [5.41, 5.74) is 3.56. The molecule has 1 heterocycles. The molecule has 0 amide bonds. The van der Waals surface area contributed by atoms with Crippen molar-refractivity contribution in [3.63, 3.8) is 0 Å². The van der Waals surface area contributed by atoms with E-state index in [0.29, 0.717) is 11.9 Å². The Balaban J connectivity index is 2.36. The van der Waals surface area contributed by atoms with Crippen molar-refractivity contribution in [3.05, 3.63) is 11.4 Å². The highest BCUT2D eigenvalue weighted by molar-refractivity contribution is 5.57. The van der Waals surface area contributed by atoms with Crippen molar-refractivity contribution in [2.45, 2.75) is 58.4 Å². The summed E-state index contributed by atoms with van der Waals surface area (Å²) >= 11 is 0. The molecule has 0 spiro atoms. The molecular weight excluding hydrogens is 226 g/mol. The van der Waals surface area contributed by atoms with Gasteiger partial charge in [0.2, 0.25) is 0 Å². The summed E-state index contributed by atoms with van der Waals surface area (Å²) < 4.78 is 0. The maximum absolute atomic E-state index is 5.54. The lowest BCUT2D eigenvalue weighted by atomic mass is 9.93. The Morgan fingerprint density at radius 2 is 1.78 bits per heavy atom. The zero-order chi connectivity index (χ0) is 13.3. The number of nitrogens with two attached hydrogens (primary N) is 1. The van der Waals surface area contributed by atoms with Crippen molar-refractivity contribution in [1.29, 1.82) is 0 Å². The summed E-state index contributed by atoms with van der Waals surface area (Å²) in [6.07, 6.45) is 3.75. The second-order valence-corrected chi connectivity index (χ2v) is 6.04. The van der Waals surface area contributed by atoms with E-state index < -0.39 is 0 Å². The fourth-order valence-corrected chi connectivity index (χ4v) is 1.88. The van der Waals surface area contributed by atoms with E-state index in [4.69, 9.17) is 5.84 Å². The molecule has 0 aliphatic heterocycles. The Labute approximate surface area is 109 Å². The summed E-state index contributed by atoms with van der Waals surface area (Å²) in [6.45, 7) is 8.30. The van der Waals surface area contributed by atoms with Crippen molar-refractivity contribution in [2.75, 3.05) is 10.7 Å². The van der Waals surface area contributed by atoms with E-state index in [1.54, 1.807) is 0 Å². The molecule has 1 aliphatic rings. The molecule has 4 N–H and O–H groups in total. The predicted octanol–water partition coefficient (Wildman–Crippen LogP) is 2.33. The predicted molar refractivity (Wildman–Crippen MR) is 74.5 cm³/mol. The van der Waals surface area contributed by atoms with Gasteiger partial charge in [0.25, 0.3) is 0 Å². The van der Waals surface area contributed by atoms with E-state index in [1.807, 2.05) is 6.92 Å². The first-order valence-corrected chi connectivity index (χ1v) is 6.54. The van der Waals surface area contributed by atoms with Gasteiger partial charge in [-0.1, -0.05) is 20.8 Å². The van der Waals surface area contributed by atoms with Crippen molar-refractivity contribution >= 4 is 11.6 Å². The third-order valence-electron chi connectivity index (χ3n) is 3.40. The zero-order valence-corrected chi connectivity index (χ0v) is 11.7. The molecule has 100 valence electrons. The van der Waals surface area contributed by atoms with Gasteiger partial charge in [-0.15, -0.1) is 0 Å². The number of hydrogen-bond donors (Lipinski definition) is 3. The highest BCUT2D eigenvalue weighted by Crippen LogP contribution is 2.29. The average Bonchev–Trinajstić information content (AvgIpc) is 2.23. The molecule has 18 heavy (non-hydrogen) atoms. The Morgan fingerprint density at radius 3 is 2.22 bits per heavy atom. The topological polar surface area (TPSA) is 75.9 Å². The molecule has 0 atom stereocenters. The number of aromatic nitrogens is 2. The standard InChI is InChI=1S/C13H23N5/c1-8-10(15-9-6-5-7-9)16-12(13(2,3)4)17-11(8)18-14/h9H,5-7,14H2,1-4H3,(H2,15,16,17,18). The van der Waals surface area contributed by atoms with E-state index in [1.165, 1.54) is 19.3 Å². The Morgan fingerprint density at radius 1 is 1.17 bits per heavy atom. The van der Waals surface area contributed by atoms with Crippen LogP contribution in [0.3, 0.4) is 0 Å². The van der Waals surface area contributed by atoms with Crippen LogP contribution in [0.15, 0.2) is 0 Å². The van der Waals surface area contributed by atoms with Gasteiger partial charge in [0.05, 0.1) is 0 Å². The third-order valence-corrected chi connectivity index (χ3v) is 3.40. The number of hydrazine groups is 1. The molecule has 5 nitrogen and oxygen atoms in total. The third kappa shape index (κ3) is 2.56. The van der Waals surface area contributed by atoms with E-state index in [9.17, 15) is 0 Å². The maximum Gasteiger partial charge on any atom is 0.148 e. The maximum atomic E-state index is 5.54. The van der Waals surface area contributed by atoms with Gasteiger partial charge in [0, 0.05) is 17.0 Å². The van der Waals surface area contributed by atoms with Gasteiger partial charge in [-0.2, -0.15) is 0 Å². The zero-order valence-electron chi connectivity index (χ0n) is 11.7. The van der Waals surface area contributed by atoms with Crippen LogP contribution < -0.4 is 16.6 Å². The number of nitrogen functional groups attached to an aromatic ring is 1. The summed E-state index contributed by atoms with van der Waals surface area (Å²) in [7, 11) is 0. The minimum Gasteiger partial charge on any atom is -0.367 e. The fraction of sp³-hybridized carbons (Fsp3) is 0.692. The van der Waals surface area contributed by atoms with E-state index in [-0.39, 0.29) is 5.41 Å². The molecule has 1 aromatic heterocycles. The monoisotopic (exact) mass is 249 g/mol. The van der Waals surface area contributed by atoms with Gasteiger partial charge in [0.15, 0.2) is 0 Å². The molecule has 0 aromatic carbocycles. The lowest BCUT2D eigenvalue weighted by molar-refractivity contribution is 0.443. The summed E-state index contributed by atoms with van der Waals surface area (Å²) in [5, 5.41) is 3.49. The van der Waals surface area contributed by atoms with Crippen LogP contribution in [0.25, 0.3) is 0 Å². The van der Waals surface area contributed by atoms with Crippen LogP contribution in [0, 0.1) is 6.92 Å². The van der Waals surface area contributed by atoms with Gasteiger partial charge in [0.1, 0.15) is 17.5 Å². The molecule has 1 fully saturated rings. The van der Waals surface area contributed by atoms with Gasteiger partial charge in [-0.25, -0.2) is 15.8 Å². The molecule has 0 unspecified atom stereocenters. The van der Waals surface area contributed by atoms with Crippen LogP contribution in [0.4, 0.5) is 11.6 Å². The highest BCUT2D eigenvalue weighted by atomic mass is 15.3. The van der Waals surface area contributed by atoms with E-state index in [0.717, 1.165) is 17.2 Å². The number of nitrogens with one attached hydrogen (secondary N) is 2. The number of anilines is 2. The largest absolute Gasteiger partial charge is 0.367 e. The van der Waals surface area contributed by atoms with Crippen LogP contribution in [0.2, 0.25) is 0 Å². The molecule has 2 rings (SSSR count). The number of hydrogen-bond acceptors (Lipinski definition) is 5. The van der Waals surface area contributed by atoms with Crippen molar-refractivity contribution in [2.24, 2.45) is 5.84 Å². The summed E-state index contributed by atoms with van der Waals surface area (Å²) in [4.78, 5) is 9.14. The first-order valence-electron chi connectivity index (χ1n) is 6.54. The second kappa shape index (κ2) is 4.72. The molecule has 1 aromatic rings. The average molecular weight is 249 g/mol. The first kappa shape index (κ1) is 13.1. The molecule has 0 radical (unpaired) electrons. The van der Waals surface area contributed by atoms with Crippen LogP contribution in [-0.4, -0.2) is 16.0 Å². The smallest absolute Gasteiger partial charge is 0.148 e. The Hall–Kier alpha value is -1.36. The Kier molecular flexibility index (Phi) is 3.43. The van der Waals surface area contributed by atoms with Gasteiger partial charge in [-0.05, 0) is 26.2 Å². The lowest BCUT2D eigenvalue weighted by Gasteiger charge is -2.29. The minimum absolute atomic E-state index is 0.0880. The minimum atomic E-state index is -0.0880. The lowest BCUT2D eigenvalue weighted by Crippen LogP contribution is -2.29. The van der Waals surface area contributed by atoms with Crippen LogP contribution in [-0.2, 0) is 5.41 Å². The van der Waals surface area contributed by atoms with Crippen molar-refractivity contribution < 1.29 is 0 Å².